The third-order valence-corrected chi connectivity index (χ3v) is 6.40. The number of hydrogen-bond donors (Lipinski definition) is 1. The van der Waals surface area contributed by atoms with Crippen LogP contribution in [0.2, 0.25) is 0 Å². The van der Waals surface area contributed by atoms with Gasteiger partial charge in [0.05, 0.1) is 17.8 Å². The Labute approximate surface area is 186 Å². The van der Waals surface area contributed by atoms with Gasteiger partial charge in [0.1, 0.15) is 0 Å². The van der Waals surface area contributed by atoms with Crippen LogP contribution in [0.4, 0.5) is 5.69 Å². The summed E-state index contributed by atoms with van der Waals surface area (Å²) in [6.07, 6.45) is 1.84. The fourth-order valence-electron chi connectivity index (χ4n) is 4.45. The molecule has 1 fully saturated rings. The molecule has 2 aromatic heterocycles. The van der Waals surface area contributed by atoms with Gasteiger partial charge in [-0.1, -0.05) is 22.0 Å². The predicted molar refractivity (Wildman–Crippen MR) is 126 cm³/mol. The van der Waals surface area contributed by atoms with Crippen LogP contribution >= 0.6 is 28.1 Å². The van der Waals surface area contributed by atoms with Crippen LogP contribution in [-0.4, -0.2) is 14.7 Å². The number of rotatable bonds is 4. The first kappa shape index (κ1) is 20.1. The first-order valence-electron chi connectivity index (χ1n) is 9.83. The molecule has 1 aliphatic heterocycles. The highest BCUT2D eigenvalue weighted by Gasteiger charge is 2.42. The van der Waals surface area contributed by atoms with E-state index in [4.69, 9.17) is 12.2 Å². The lowest BCUT2D eigenvalue weighted by Crippen LogP contribution is -2.29. The molecule has 1 aromatic carbocycles. The number of benzene rings is 1. The highest BCUT2D eigenvalue weighted by Crippen LogP contribution is 2.43. The molecule has 1 aliphatic rings. The van der Waals surface area contributed by atoms with Crippen LogP contribution in [0.15, 0.2) is 59.2 Å². The maximum absolute atomic E-state index is 5.81. The number of nitrogens with one attached hydrogen (secondary N) is 1. The molecule has 1 N–H and O–H groups in total. The Bertz CT molecular complexity index is 1030. The number of aromatic nitrogens is 2. The van der Waals surface area contributed by atoms with Crippen LogP contribution in [0, 0.1) is 13.8 Å². The minimum Gasteiger partial charge on any atom is -0.351 e. The molecule has 6 heteroatoms. The normalized spacial score (nSPS) is 19.1. The molecular weight excluding hydrogens is 444 g/mol. The van der Waals surface area contributed by atoms with Crippen molar-refractivity contribution in [3.63, 3.8) is 0 Å². The molecule has 0 bridgehead atoms. The predicted octanol–water partition coefficient (Wildman–Crippen LogP) is 6.02. The summed E-state index contributed by atoms with van der Waals surface area (Å²) in [5.41, 5.74) is 5.89. The third kappa shape index (κ3) is 3.60. The summed E-state index contributed by atoms with van der Waals surface area (Å²) in [5.74, 6) is 0. The number of thiocarbonyl (C=S) groups is 1. The van der Waals surface area contributed by atoms with Gasteiger partial charge in [-0.2, -0.15) is 0 Å². The Morgan fingerprint density at radius 3 is 2.41 bits per heavy atom. The maximum atomic E-state index is 5.81. The number of nitrogens with zero attached hydrogens (tertiary/aromatic N) is 3. The van der Waals surface area contributed by atoms with E-state index in [1.165, 1.54) is 17.0 Å². The second kappa shape index (κ2) is 7.92. The quantitative estimate of drug-likeness (QED) is 0.474. The third-order valence-electron chi connectivity index (χ3n) is 5.56. The van der Waals surface area contributed by atoms with Crippen LogP contribution in [0.3, 0.4) is 0 Å². The minimum atomic E-state index is -0.0199. The standard InChI is InChI=1S/C23H25BrN4S/c1-14(2)27-15(3)13-19(16(27)4)22-21(20-7-5-6-12-25-20)26-23(29)28(22)18-10-8-17(24)9-11-18/h5-14,21-22H,1-4H3,(H,26,29)/t21-,22+/m0/s1. The lowest BCUT2D eigenvalue weighted by Gasteiger charge is -2.28. The molecule has 3 aromatic rings. The highest BCUT2D eigenvalue weighted by molar-refractivity contribution is 9.10. The summed E-state index contributed by atoms with van der Waals surface area (Å²) >= 11 is 9.35. The van der Waals surface area contributed by atoms with Crippen molar-refractivity contribution in [2.24, 2.45) is 0 Å². The van der Waals surface area contributed by atoms with E-state index in [2.05, 4.69) is 99.8 Å². The Balaban J connectivity index is 1.88. The first-order valence-corrected chi connectivity index (χ1v) is 11.0. The zero-order chi connectivity index (χ0) is 20.7. The van der Waals surface area contributed by atoms with E-state index in [0.717, 1.165) is 21.0 Å². The van der Waals surface area contributed by atoms with Gasteiger partial charge in [0.2, 0.25) is 0 Å². The first-order chi connectivity index (χ1) is 13.9. The van der Waals surface area contributed by atoms with E-state index >= 15 is 0 Å². The summed E-state index contributed by atoms with van der Waals surface area (Å²) in [5, 5.41) is 4.27. The van der Waals surface area contributed by atoms with E-state index in [-0.39, 0.29) is 12.1 Å². The number of hydrogen-bond acceptors (Lipinski definition) is 2. The molecule has 0 saturated carbocycles. The van der Waals surface area contributed by atoms with Gasteiger partial charge in [0.15, 0.2) is 5.11 Å². The lowest BCUT2D eigenvalue weighted by atomic mass is 9.96. The van der Waals surface area contributed by atoms with E-state index in [0.29, 0.717) is 6.04 Å². The summed E-state index contributed by atoms with van der Waals surface area (Å²) in [6.45, 7) is 8.84. The molecule has 0 radical (unpaired) electrons. The van der Waals surface area contributed by atoms with Gasteiger partial charge in [-0.3, -0.25) is 4.98 Å². The average molecular weight is 469 g/mol. The van der Waals surface area contributed by atoms with E-state index < -0.39 is 0 Å². The van der Waals surface area contributed by atoms with Gasteiger partial charge in [0.25, 0.3) is 0 Å². The molecule has 150 valence electrons. The maximum Gasteiger partial charge on any atom is 0.174 e. The van der Waals surface area contributed by atoms with Crippen molar-refractivity contribution in [1.82, 2.24) is 14.9 Å². The molecule has 1 saturated heterocycles. The lowest BCUT2D eigenvalue weighted by molar-refractivity contribution is 0.547. The van der Waals surface area contributed by atoms with Crippen LogP contribution in [-0.2, 0) is 0 Å². The Morgan fingerprint density at radius 1 is 1.10 bits per heavy atom. The smallest absolute Gasteiger partial charge is 0.174 e. The topological polar surface area (TPSA) is 33.1 Å². The Morgan fingerprint density at radius 2 is 1.83 bits per heavy atom. The molecule has 0 aliphatic carbocycles. The SMILES string of the molecule is Cc1cc([C@@H]2[C@H](c3ccccn3)NC(=S)N2c2ccc(Br)cc2)c(C)n1C(C)C. The van der Waals surface area contributed by atoms with E-state index in [1.807, 2.05) is 18.3 Å². The second-order valence-corrected chi connectivity index (χ2v) is 9.07. The van der Waals surface area contributed by atoms with Crippen LogP contribution in [0.1, 0.15) is 54.6 Å². The molecule has 0 amide bonds. The van der Waals surface area contributed by atoms with Gasteiger partial charge in [0, 0.05) is 33.8 Å². The molecule has 0 unspecified atom stereocenters. The highest BCUT2D eigenvalue weighted by atomic mass is 79.9. The van der Waals surface area contributed by atoms with Crippen molar-refractivity contribution in [3.8, 4) is 0 Å². The molecule has 4 nitrogen and oxygen atoms in total. The zero-order valence-corrected chi connectivity index (χ0v) is 19.5. The fraction of sp³-hybridized carbons (Fsp3) is 0.304. The summed E-state index contributed by atoms with van der Waals surface area (Å²) in [7, 11) is 0. The number of pyridine rings is 1. The second-order valence-electron chi connectivity index (χ2n) is 7.76. The molecule has 4 rings (SSSR count). The molecule has 3 heterocycles. The fourth-order valence-corrected chi connectivity index (χ4v) is 5.06. The Kier molecular flexibility index (Phi) is 5.49. The van der Waals surface area contributed by atoms with Gasteiger partial charge >= 0.3 is 0 Å². The summed E-state index contributed by atoms with van der Waals surface area (Å²) < 4.78 is 3.45. The van der Waals surface area contributed by atoms with Gasteiger partial charge in [-0.15, -0.1) is 0 Å². The summed E-state index contributed by atoms with van der Waals surface area (Å²) in [6, 6.07) is 17.1. The van der Waals surface area contributed by atoms with Crippen molar-refractivity contribution < 1.29 is 0 Å². The van der Waals surface area contributed by atoms with E-state index in [1.54, 1.807) is 0 Å². The van der Waals surface area contributed by atoms with Gasteiger partial charge in [-0.05, 0) is 87.9 Å². The molecule has 29 heavy (non-hydrogen) atoms. The van der Waals surface area contributed by atoms with Crippen LogP contribution in [0.5, 0.6) is 0 Å². The summed E-state index contributed by atoms with van der Waals surface area (Å²) in [4.78, 5) is 6.87. The number of halogens is 1. The van der Waals surface area contributed by atoms with Crippen LogP contribution in [0.25, 0.3) is 0 Å². The van der Waals surface area contributed by atoms with E-state index in [9.17, 15) is 0 Å². The number of aryl methyl sites for hydroxylation is 1. The van der Waals surface area contributed by atoms with Crippen LogP contribution < -0.4 is 10.2 Å². The zero-order valence-electron chi connectivity index (χ0n) is 17.1. The van der Waals surface area contributed by atoms with Gasteiger partial charge < -0.3 is 14.8 Å². The van der Waals surface area contributed by atoms with Crippen molar-refractivity contribution in [1.29, 1.82) is 0 Å². The average Bonchev–Trinajstić information content (AvgIpc) is 3.19. The minimum absolute atomic E-state index is 0.0199. The van der Waals surface area contributed by atoms with Crippen molar-refractivity contribution in [2.75, 3.05) is 4.90 Å². The monoisotopic (exact) mass is 468 g/mol. The Hall–Kier alpha value is -2.18. The molecular formula is C23H25BrN4S. The largest absolute Gasteiger partial charge is 0.351 e. The molecule has 0 spiro atoms. The number of anilines is 1. The van der Waals surface area contributed by atoms with Crippen molar-refractivity contribution in [2.45, 2.75) is 45.8 Å². The van der Waals surface area contributed by atoms with Gasteiger partial charge in [-0.25, -0.2) is 0 Å². The molecule has 2 atom stereocenters. The van der Waals surface area contributed by atoms with Crippen molar-refractivity contribution >= 4 is 38.9 Å². The van der Waals surface area contributed by atoms with Crippen molar-refractivity contribution in [3.05, 3.63) is 81.8 Å².